The summed E-state index contributed by atoms with van der Waals surface area (Å²) in [6.45, 7) is 2.73. The van der Waals surface area contributed by atoms with Gasteiger partial charge in [0.15, 0.2) is 0 Å². The molecular weight excluding hydrogens is 254 g/mol. The summed E-state index contributed by atoms with van der Waals surface area (Å²) in [4.78, 5) is 0. The van der Waals surface area contributed by atoms with Gasteiger partial charge in [-0.3, -0.25) is 0 Å². The number of furan rings is 1. The van der Waals surface area contributed by atoms with Crippen LogP contribution in [0.15, 0.2) is 40.8 Å². The van der Waals surface area contributed by atoms with Gasteiger partial charge in [-0.05, 0) is 36.2 Å². The fraction of sp³-hybridized carbons (Fsp3) is 0.375. The van der Waals surface area contributed by atoms with E-state index < -0.39 is 0 Å². The van der Waals surface area contributed by atoms with Gasteiger partial charge in [-0.25, -0.2) is 0 Å². The lowest BCUT2D eigenvalue weighted by atomic mass is 10.0. The Bertz CT molecular complexity index is 519. The molecule has 0 saturated carbocycles. The monoisotopic (exact) mass is 275 g/mol. The average molecular weight is 275 g/mol. The van der Waals surface area contributed by atoms with Gasteiger partial charge in [0.05, 0.1) is 13.7 Å². The van der Waals surface area contributed by atoms with Crippen LogP contribution < -0.4 is 10.1 Å². The summed E-state index contributed by atoms with van der Waals surface area (Å²) in [7, 11) is 1.67. The summed E-state index contributed by atoms with van der Waals surface area (Å²) >= 11 is 0. The Morgan fingerprint density at radius 3 is 2.40 bits per heavy atom. The third-order valence-electron chi connectivity index (χ3n) is 3.32. The van der Waals surface area contributed by atoms with E-state index in [1.54, 1.807) is 13.2 Å². The molecule has 1 aromatic heterocycles. The topological polar surface area (TPSA) is 54.6 Å². The van der Waals surface area contributed by atoms with Crippen molar-refractivity contribution in [2.24, 2.45) is 0 Å². The highest BCUT2D eigenvalue weighted by molar-refractivity contribution is 5.29. The second kappa shape index (κ2) is 7.12. The van der Waals surface area contributed by atoms with Crippen LogP contribution in [0.4, 0.5) is 0 Å². The molecule has 2 aromatic rings. The minimum atomic E-state index is -0.0598. The highest BCUT2D eigenvalue weighted by atomic mass is 16.5. The van der Waals surface area contributed by atoms with Gasteiger partial charge in [-0.1, -0.05) is 19.1 Å². The van der Waals surface area contributed by atoms with Gasteiger partial charge in [0.2, 0.25) is 0 Å². The molecule has 1 atom stereocenters. The maximum Gasteiger partial charge on any atom is 0.129 e. The van der Waals surface area contributed by atoms with E-state index in [4.69, 9.17) is 14.3 Å². The van der Waals surface area contributed by atoms with E-state index in [0.29, 0.717) is 12.3 Å². The molecule has 2 N–H and O–H groups in total. The van der Waals surface area contributed by atoms with Crippen LogP contribution in [0.3, 0.4) is 0 Å². The van der Waals surface area contributed by atoms with Crippen molar-refractivity contribution in [3.05, 3.63) is 53.5 Å². The normalized spacial score (nSPS) is 12.3. The number of hydrogen-bond donors (Lipinski definition) is 2. The fourth-order valence-corrected chi connectivity index (χ4v) is 2.16. The number of aliphatic hydroxyl groups excluding tert-OH is 1. The lowest BCUT2D eigenvalue weighted by Gasteiger charge is -2.17. The first-order valence-corrected chi connectivity index (χ1v) is 6.82. The van der Waals surface area contributed by atoms with Crippen molar-refractivity contribution < 1.29 is 14.3 Å². The predicted octanol–water partition coefficient (Wildman–Crippen LogP) is 3.02. The molecule has 4 heteroatoms. The highest BCUT2D eigenvalue weighted by Crippen LogP contribution is 2.20. The zero-order valence-corrected chi connectivity index (χ0v) is 11.9. The van der Waals surface area contributed by atoms with Crippen LogP contribution in [0.1, 0.15) is 36.5 Å². The Morgan fingerprint density at radius 2 is 1.85 bits per heavy atom. The molecule has 0 aliphatic rings. The molecule has 0 aliphatic carbocycles. The van der Waals surface area contributed by atoms with Crippen LogP contribution in [0, 0.1) is 0 Å². The lowest BCUT2D eigenvalue weighted by Crippen LogP contribution is -2.19. The van der Waals surface area contributed by atoms with E-state index in [1.807, 2.05) is 18.2 Å². The highest BCUT2D eigenvalue weighted by Gasteiger charge is 2.10. The molecule has 0 spiro atoms. The molecule has 0 bridgehead atoms. The second-order valence-corrected chi connectivity index (χ2v) is 4.64. The molecule has 0 radical (unpaired) electrons. The largest absolute Gasteiger partial charge is 0.497 e. The predicted molar refractivity (Wildman–Crippen MR) is 77.5 cm³/mol. The summed E-state index contributed by atoms with van der Waals surface area (Å²) in [5, 5.41) is 12.4. The quantitative estimate of drug-likeness (QED) is 0.815. The summed E-state index contributed by atoms with van der Waals surface area (Å²) in [6, 6.07) is 12.0. The van der Waals surface area contributed by atoms with Crippen LogP contribution in [-0.2, 0) is 13.2 Å². The minimum Gasteiger partial charge on any atom is -0.497 e. The van der Waals surface area contributed by atoms with Crippen LogP contribution in [-0.4, -0.2) is 12.2 Å². The SMILES string of the molecule is CCC(NCc1ccc(CO)o1)c1ccc(OC)cc1. The van der Waals surface area contributed by atoms with Crippen molar-refractivity contribution >= 4 is 0 Å². The molecular formula is C16H21NO3. The third-order valence-corrected chi connectivity index (χ3v) is 3.32. The molecule has 1 heterocycles. The molecule has 1 aromatic carbocycles. The summed E-state index contributed by atoms with van der Waals surface area (Å²) < 4.78 is 10.6. The van der Waals surface area contributed by atoms with Gasteiger partial charge in [-0.15, -0.1) is 0 Å². The van der Waals surface area contributed by atoms with Crippen LogP contribution in [0.25, 0.3) is 0 Å². The summed E-state index contributed by atoms with van der Waals surface area (Å²) in [6.07, 6.45) is 0.986. The van der Waals surface area contributed by atoms with Gasteiger partial charge in [0, 0.05) is 6.04 Å². The van der Waals surface area contributed by atoms with Crippen molar-refractivity contribution in [1.82, 2.24) is 5.32 Å². The number of hydrogen-bond acceptors (Lipinski definition) is 4. The van der Waals surface area contributed by atoms with E-state index in [9.17, 15) is 0 Å². The van der Waals surface area contributed by atoms with Crippen LogP contribution >= 0.6 is 0 Å². The van der Waals surface area contributed by atoms with Gasteiger partial charge in [-0.2, -0.15) is 0 Å². The first-order valence-electron chi connectivity index (χ1n) is 6.82. The average Bonchev–Trinajstić information content (AvgIpc) is 2.96. The summed E-state index contributed by atoms with van der Waals surface area (Å²) in [5.41, 5.74) is 1.22. The molecule has 2 rings (SSSR count). The number of nitrogens with one attached hydrogen (secondary N) is 1. The maximum atomic E-state index is 8.98. The zero-order valence-electron chi connectivity index (χ0n) is 11.9. The number of rotatable bonds is 7. The Kier molecular flexibility index (Phi) is 5.21. The van der Waals surface area contributed by atoms with Gasteiger partial charge in [0.1, 0.15) is 23.9 Å². The van der Waals surface area contributed by atoms with Crippen LogP contribution in [0.5, 0.6) is 5.75 Å². The van der Waals surface area contributed by atoms with E-state index in [2.05, 4.69) is 24.4 Å². The van der Waals surface area contributed by atoms with Gasteiger partial charge >= 0.3 is 0 Å². The van der Waals surface area contributed by atoms with E-state index >= 15 is 0 Å². The van der Waals surface area contributed by atoms with E-state index in [0.717, 1.165) is 17.9 Å². The van der Waals surface area contributed by atoms with Crippen molar-refractivity contribution in [3.8, 4) is 5.75 Å². The molecule has 0 saturated heterocycles. The molecule has 108 valence electrons. The van der Waals surface area contributed by atoms with E-state index in [-0.39, 0.29) is 12.6 Å². The Hall–Kier alpha value is -1.78. The Balaban J connectivity index is 1.97. The molecule has 1 unspecified atom stereocenters. The molecule has 0 aliphatic heterocycles. The van der Waals surface area contributed by atoms with Crippen molar-refractivity contribution in [3.63, 3.8) is 0 Å². The van der Waals surface area contributed by atoms with Crippen molar-refractivity contribution in [1.29, 1.82) is 0 Å². The Morgan fingerprint density at radius 1 is 1.15 bits per heavy atom. The fourth-order valence-electron chi connectivity index (χ4n) is 2.16. The van der Waals surface area contributed by atoms with Crippen molar-refractivity contribution in [2.75, 3.05) is 7.11 Å². The van der Waals surface area contributed by atoms with Gasteiger partial charge < -0.3 is 19.6 Å². The Labute approximate surface area is 119 Å². The standard InChI is InChI=1S/C16H21NO3/c1-3-16(12-4-6-13(19-2)7-5-12)17-10-14-8-9-15(11-18)20-14/h4-9,16-18H,3,10-11H2,1-2H3. The smallest absolute Gasteiger partial charge is 0.129 e. The molecule has 20 heavy (non-hydrogen) atoms. The second-order valence-electron chi connectivity index (χ2n) is 4.64. The minimum absolute atomic E-state index is 0.0598. The van der Waals surface area contributed by atoms with E-state index in [1.165, 1.54) is 5.56 Å². The lowest BCUT2D eigenvalue weighted by molar-refractivity contribution is 0.242. The number of benzene rings is 1. The molecule has 0 amide bonds. The number of ether oxygens (including phenoxy) is 1. The number of aliphatic hydroxyl groups is 1. The number of methoxy groups -OCH3 is 1. The molecule has 0 fully saturated rings. The van der Waals surface area contributed by atoms with Crippen LogP contribution in [0.2, 0.25) is 0 Å². The van der Waals surface area contributed by atoms with Gasteiger partial charge in [0.25, 0.3) is 0 Å². The first kappa shape index (κ1) is 14.6. The first-order chi connectivity index (χ1) is 9.76. The molecule has 4 nitrogen and oxygen atoms in total. The zero-order chi connectivity index (χ0) is 14.4. The van der Waals surface area contributed by atoms with Crippen molar-refractivity contribution in [2.45, 2.75) is 32.5 Å². The third kappa shape index (κ3) is 3.62. The maximum absolute atomic E-state index is 8.98. The summed E-state index contributed by atoms with van der Waals surface area (Å²) in [5.74, 6) is 2.29.